The third-order valence-corrected chi connectivity index (χ3v) is 4.58. The highest BCUT2D eigenvalue weighted by Crippen LogP contribution is 2.29. The minimum atomic E-state index is 0.403. The Morgan fingerprint density at radius 1 is 1.00 bits per heavy atom. The first kappa shape index (κ1) is 14.1. The fourth-order valence-electron chi connectivity index (χ4n) is 1.96. The van der Waals surface area contributed by atoms with E-state index in [0.717, 1.165) is 21.2 Å². The lowest BCUT2D eigenvalue weighted by Crippen LogP contribution is -2.05. The first-order chi connectivity index (χ1) is 8.70. The van der Waals surface area contributed by atoms with Gasteiger partial charge in [0.25, 0.3) is 0 Å². The van der Waals surface area contributed by atoms with Crippen LogP contribution < -0.4 is 0 Å². The Hall–Kier alpha value is -0.310. The third kappa shape index (κ3) is 3.59. The molecule has 0 aliphatic rings. The molecule has 0 saturated carbocycles. The molecular weight excluding hydrogens is 375 g/mol. The monoisotopic (exact) mass is 386 g/mol. The van der Waals surface area contributed by atoms with Crippen LogP contribution in [0.2, 0.25) is 5.02 Å². The lowest BCUT2D eigenvalue weighted by Gasteiger charge is -2.16. The predicted octanol–water partition coefficient (Wildman–Crippen LogP) is 5.82. The topological polar surface area (TPSA) is 0 Å². The van der Waals surface area contributed by atoms with Gasteiger partial charge in [0, 0.05) is 14.8 Å². The van der Waals surface area contributed by atoms with Gasteiger partial charge in [0.2, 0.25) is 0 Å². The summed E-state index contributed by atoms with van der Waals surface area (Å²) in [7, 11) is 0. The Balaban J connectivity index is 2.20. The minimum Gasteiger partial charge on any atom is -0.0921 e. The van der Waals surface area contributed by atoms with Gasteiger partial charge in [0.1, 0.15) is 0 Å². The molecule has 0 aliphatic carbocycles. The van der Waals surface area contributed by atoms with Crippen molar-refractivity contribution in [2.75, 3.05) is 5.33 Å². The van der Waals surface area contributed by atoms with Gasteiger partial charge < -0.3 is 0 Å². The van der Waals surface area contributed by atoms with Crippen molar-refractivity contribution in [3.8, 4) is 0 Å². The molecule has 0 spiro atoms. The molecule has 0 radical (unpaired) electrons. The third-order valence-electron chi connectivity index (χ3n) is 2.93. The standard InChI is InChI=1S/C15H13Br2Cl/c16-10-12(14-3-1-2-4-15(14)18)9-11-5-7-13(17)8-6-11/h1-8,12H,9-10H2. The van der Waals surface area contributed by atoms with Crippen LogP contribution in [0.4, 0.5) is 0 Å². The van der Waals surface area contributed by atoms with Crippen LogP contribution in [0.15, 0.2) is 53.0 Å². The SMILES string of the molecule is Clc1ccccc1C(CBr)Cc1ccc(Br)cc1. The van der Waals surface area contributed by atoms with Crippen LogP contribution in [0.1, 0.15) is 17.0 Å². The fourth-order valence-corrected chi connectivity index (χ4v) is 3.09. The summed E-state index contributed by atoms with van der Waals surface area (Å²) < 4.78 is 1.11. The molecule has 2 aromatic rings. The number of hydrogen-bond donors (Lipinski definition) is 0. The molecule has 0 heterocycles. The maximum atomic E-state index is 6.26. The van der Waals surface area contributed by atoms with Crippen molar-refractivity contribution in [2.45, 2.75) is 12.3 Å². The first-order valence-electron chi connectivity index (χ1n) is 5.75. The van der Waals surface area contributed by atoms with E-state index in [9.17, 15) is 0 Å². The van der Waals surface area contributed by atoms with Crippen molar-refractivity contribution in [3.05, 3.63) is 69.2 Å². The predicted molar refractivity (Wildman–Crippen MR) is 85.8 cm³/mol. The van der Waals surface area contributed by atoms with Crippen molar-refractivity contribution < 1.29 is 0 Å². The Labute approximate surface area is 130 Å². The van der Waals surface area contributed by atoms with Gasteiger partial charge in [-0.3, -0.25) is 0 Å². The Kier molecular flexibility index (Phi) is 5.28. The van der Waals surface area contributed by atoms with Gasteiger partial charge in [-0.15, -0.1) is 0 Å². The highest BCUT2D eigenvalue weighted by atomic mass is 79.9. The Morgan fingerprint density at radius 2 is 1.67 bits per heavy atom. The van der Waals surface area contributed by atoms with Crippen molar-refractivity contribution in [2.24, 2.45) is 0 Å². The smallest absolute Gasteiger partial charge is 0.0441 e. The number of hydrogen-bond acceptors (Lipinski definition) is 0. The molecule has 0 fully saturated rings. The van der Waals surface area contributed by atoms with Gasteiger partial charge >= 0.3 is 0 Å². The molecular formula is C15H13Br2Cl. The summed E-state index contributed by atoms with van der Waals surface area (Å²) in [4.78, 5) is 0. The lowest BCUT2D eigenvalue weighted by molar-refractivity contribution is 0.776. The van der Waals surface area contributed by atoms with E-state index in [1.807, 2.05) is 18.2 Å². The highest BCUT2D eigenvalue weighted by molar-refractivity contribution is 9.10. The van der Waals surface area contributed by atoms with Crippen LogP contribution in [0.25, 0.3) is 0 Å². The average Bonchev–Trinajstić information content (AvgIpc) is 2.39. The zero-order valence-electron chi connectivity index (χ0n) is 9.74. The van der Waals surface area contributed by atoms with E-state index in [1.54, 1.807) is 0 Å². The summed E-state index contributed by atoms with van der Waals surface area (Å²) in [6.45, 7) is 0. The van der Waals surface area contributed by atoms with Crippen molar-refractivity contribution in [3.63, 3.8) is 0 Å². The normalized spacial score (nSPS) is 12.4. The highest BCUT2D eigenvalue weighted by Gasteiger charge is 2.13. The second kappa shape index (κ2) is 6.74. The summed E-state index contributed by atoms with van der Waals surface area (Å²) in [5, 5.41) is 1.76. The number of alkyl halides is 1. The minimum absolute atomic E-state index is 0.403. The Bertz CT molecular complexity index is 508. The molecule has 0 bridgehead atoms. The van der Waals surface area contributed by atoms with E-state index in [-0.39, 0.29) is 0 Å². The van der Waals surface area contributed by atoms with E-state index >= 15 is 0 Å². The quantitative estimate of drug-likeness (QED) is 0.579. The summed E-state index contributed by atoms with van der Waals surface area (Å²) in [6, 6.07) is 16.5. The van der Waals surface area contributed by atoms with Crippen LogP contribution in [-0.2, 0) is 6.42 Å². The zero-order valence-corrected chi connectivity index (χ0v) is 13.7. The molecule has 1 unspecified atom stereocenters. The van der Waals surface area contributed by atoms with Gasteiger partial charge in [-0.25, -0.2) is 0 Å². The molecule has 0 saturated heterocycles. The molecule has 0 aromatic heterocycles. The van der Waals surface area contributed by atoms with E-state index in [4.69, 9.17) is 11.6 Å². The van der Waals surface area contributed by atoms with Crippen LogP contribution in [0, 0.1) is 0 Å². The molecule has 0 nitrogen and oxygen atoms in total. The molecule has 0 aliphatic heterocycles. The largest absolute Gasteiger partial charge is 0.0921 e. The second-order valence-corrected chi connectivity index (χ2v) is 6.17. The average molecular weight is 389 g/mol. The van der Waals surface area contributed by atoms with E-state index in [2.05, 4.69) is 62.2 Å². The number of rotatable bonds is 4. The Morgan fingerprint density at radius 3 is 2.28 bits per heavy atom. The van der Waals surface area contributed by atoms with Crippen molar-refractivity contribution in [1.29, 1.82) is 0 Å². The summed E-state index contributed by atoms with van der Waals surface area (Å²) in [5.41, 5.74) is 2.53. The van der Waals surface area contributed by atoms with Gasteiger partial charge in [0.15, 0.2) is 0 Å². The van der Waals surface area contributed by atoms with E-state index in [1.165, 1.54) is 11.1 Å². The van der Waals surface area contributed by atoms with Gasteiger partial charge in [0.05, 0.1) is 0 Å². The molecule has 2 rings (SSSR count). The zero-order chi connectivity index (χ0) is 13.0. The number of halogens is 3. The summed E-state index contributed by atoms with van der Waals surface area (Å²) >= 11 is 13.3. The second-order valence-electron chi connectivity index (χ2n) is 4.20. The fraction of sp³-hybridized carbons (Fsp3) is 0.200. The van der Waals surface area contributed by atoms with E-state index < -0.39 is 0 Å². The van der Waals surface area contributed by atoms with Crippen molar-refractivity contribution >= 4 is 43.5 Å². The first-order valence-corrected chi connectivity index (χ1v) is 8.05. The van der Waals surface area contributed by atoms with Crippen LogP contribution >= 0.6 is 43.5 Å². The maximum absolute atomic E-state index is 6.26. The molecule has 0 amide bonds. The summed E-state index contributed by atoms with van der Waals surface area (Å²) in [6.07, 6.45) is 0.988. The molecule has 0 N–H and O–H groups in total. The van der Waals surface area contributed by atoms with Gasteiger partial charge in [-0.1, -0.05) is 73.8 Å². The summed E-state index contributed by atoms with van der Waals surface area (Å²) in [5.74, 6) is 0.403. The maximum Gasteiger partial charge on any atom is 0.0441 e. The lowest BCUT2D eigenvalue weighted by atomic mass is 9.94. The number of benzene rings is 2. The molecule has 3 heteroatoms. The van der Waals surface area contributed by atoms with Crippen molar-refractivity contribution in [1.82, 2.24) is 0 Å². The molecule has 1 atom stereocenters. The van der Waals surface area contributed by atoms with Crippen LogP contribution in [-0.4, -0.2) is 5.33 Å². The molecule has 18 heavy (non-hydrogen) atoms. The van der Waals surface area contributed by atoms with Gasteiger partial charge in [-0.05, 0) is 41.7 Å². The van der Waals surface area contributed by atoms with E-state index in [0.29, 0.717) is 5.92 Å². The van der Waals surface area contributed by atoms with Gasteiger partial charge in [-0.2, -0.15) is 0 Å². The molecule has 2 aromatic carbocycles. The molecule has 94 valence electrons. The van der Waals surface area contributed by atoms with Crippen LogP contribution in [0.3, 0.4) is 0 Å². The van der Waals surface area contributed by atoms with Crippen LogP contribution in [0.5, 0.6) is 0 Å².